The van der Waals surface area contributed by atoms with Crippen molar-refractivity contribution >= 4 is 17.6 Å². The van der Waals surface area contributed by atoms with Crippen molar-refractivity contribution in [2.75, 3.05) is 19.0 Å². The van der Waals surface area contributed by atoms with Gasteiger partial charge in [0.25, 0.3) is 0 Å². The van der Waals surface area contributed by atoms with Crippen LogP contribution in [0.1, 0.15) is 36.4 Å². The average molecular weight is 427 g/mol. The molecule has 3 aliphatic heterocycles. The van der Waals surface area contributed by atoms with Crippen molar-refractivity contribution in [1.82, 2.24) is 9.80 Å². The number of anilines is 1. The van der Waals surface area contributed by atoms with Crippen LogP contribution in [0.25, 0.3) is 0 Å². The van der Waals surface area contributed by atoms with E-state index in [1.165, 1.54) is 6.07 Å². The van der Waals surface area contributed by atoms with E-state index in [1.807, 2.05) is 23.1 Å². The van der Waals surface area contributed by atoms with E-state index in [-0.39, 0.29) is 23.7 Å². The van der Waals surface area contributed by atoms with Crippen molar-refractivity contribution in [3.05, 3.63) is 59.2 Å². The lowest BCUT2D eigenvalue weighted by Crippen LogP contribution is -2.67. The van der Waals surface area contributed by atoms with Gasteiger partial charge in [0.15, 0.2) is 0 Å². The highest BCUT2D eigenvalue weighted by Crippen LogP contribution is 2.46. The summed E-state index contributed by atoms with van der Waals surface area (Å²) < 4.78 is 32.9. The number of hydrogen-bond acceptors (Lipinski definition) is 3. The number of rotatable bonds is 2. The van der Waals surface area contributed by atoms with Gasteiger partial charge >= 0.3 is 6.03 Å². The third-order valence-electron chi connectivity index (χ3n) is 6.66. The number of hydrogen-bond donors (Lipinski definition) is 1. The second kappa shape index (κ2) is 7.51. The molecule has 3 unspecified atom stereocenters. The largest absolute Gasteiger partial charge is 0.496 e. The number of ether oxygens (including phenoxy) is 1. The molecule has 3 amide bonds. The third kappa shape index (κ3) is 3.12. The number of nitrogens with zero attached hydrogens (tertiary/aromatic N) is 2. The van der Waals surface area contributed by atoms with Crippen LogP contribution in [0.2, 0.25) is 0 Å². The van der Waals surface area contributed by atoms with Crippen LogP contribution in [0.3, 0.4) is 0 Å². The Morgan fingerprint density at radius 2 is 2.03 bits per heavy atom. The first kappa shape index (κ1) is 19.8. The third-order valence-corrected chi connectivity index (χ3v) is 6.66. The number of carbonyl (C=O) groups is 2. The number of halogens is 2. The first-order valence-electron chi connectivity index (χ1n) is 10.5. The van der Waals surface area contributed by atoms with E-state index in [1.54, 1.807) is 12.0 Å². The van der Waals surface area contributed by atoms with Crippen LogP contribution in [0.15, 0.2) is 36.4 Å². The van der Waals surface area contributed by atoms with E-state index in [0.717, 1.165) is 41.9 Å². The lowest BCUT2D eigenvalue weighted by atomic mass is 9.78. The smallest absolute Gasteiger partial charge is 0.322 e. The first-order valence-corrected chi connectivity index (χ1v) is 10.5. The number of carbonyl (C=O) groups excluding carboxylic acids is 2. The zero-order valence-corrected chi connectivity index (χ0v) is 17.1. The van der Waals surface area contributed by atoms with Crippen molar-refractivity contribution < 1.29 is 23.1 Å². The number of piperidine rings is 1. The Morgan fingerprint density at radius 3 is 2.81 bits per heavy atom. The summed E-state index contributed by atoms with van der Waals surface area (Å²) in [6.45, 7) is 0.575. The molecule has 8 heteroatoms. The molecule has 1 N–H and O–H groups in total. The van der Waals surface area contributed by atoms with Gasteiger partial charge in [-0.2, -0.15) is 0 Å². The summed E-state index contributed by atoms with van der Waals surface area (Å²) in [5.74, 6) is -0.865. The van der Waals surface area contributed by atoms with Gasteiger partial charge in [0.2, 0.25) is 5.91 Å². The van der Waals surface area contributed by atoms with Gasteiger partial charge in [0.1, 0.15) is 23.4 Å². The van der Waals surface area contributed by atoms with Crippen LogP contribution in [0.5, 0.6) is 5.75 Å². The van der Waals surface area contributed by atoms with Gasteiger partial charge in [-0.25, -0.2) is 13.6 Å². The Balaban J connectivity index is 1.52. The fourth-order valence-electron chi connectivity index (χ4n) is 5.36. The minimum absolute atomic E-state index is 0.0795. The molecule has 0 aliphatic carbocycles. The highest BCUT2D eigenvalue weighted by atomic mass is 19.1. The van der Waals surface area contributed by atoms with Gasteiger partial charge in [-0.15, -0.1) is 0 Å². The van der Waals surface area contributed by atoms with Gasteiger partial charge in [0, 0.05) is 18.2 Å². The van der Waals surface area contributed by atoms with Crippen LogP contribution in [0.4, 0.5) is 19.3 Å². The number of benzene rings is 2. The van der Waals surface area contributed by atoms with Crippen molar-refractivity contribution in [3.8, 4) is 5.75 Å². The normalized spacial score (nSPS) is 24.4. The number of amides is 3. The summed E-state index contributed by atoms with van der Waals surface area (Å²) in [5, 5.41) is 2.55. The maximum atomic E-state index is 14.1. The molecule has 3 atom stereocenters. The van der Waals surface area contributed by atoms with Crippen molar-refractivity contribution in [2.45, 2.75) is 43.8 Å². The summed E-state index contributed by atoms with van der Waals surface area (Å²) in [4.78, 5) is 30.1. The van der Waals surface area contributed by atoms with Gasteiger partial charge in [0.05, 0.1) is 24.9 Å². The molecule has 5 rings (SSSR count). The molecule has 2 fully saturated rings. The molecule has 2 bridgehead atoms. The number of piperazine rings is 1. The molecule has 162 valence electrons. The van der Waals surface area contributed by atoms with Crippen molar-refractivity contribution in [3.63, 3.8) is 0 Å². The molecule has 0 saturated carbocycles. The molecule has 3 heterocycles. The topological polar surface area (TPSA) is 61.9 Å². The van der Waals surface area contributed by atoms with E-state index in [2.05, 4.69) is 5.32 Å². The van der Waals surface area contributed by atoms with Gasteiger partial charge in [-0.3, -0.25) is 4.79 Å². The number of fused-ring (bicyclic) bond motifs is 6. The maximum absolute atomic E-state index is 14.1. The standard InChI is InChI=1S/C23H23F2N3O3/c1-31-20-7-2-4-15-14(20)10-11-27-21(15)18-5-3-6-19(22(27)29)28(18)23(30)26-17-9-8-13(24)12-16(17)25/h2,4,7-9,12,18-19,21H,3,5-6,10-11H2,1H3,(H,26,30). The fourth-order valence-corrected chi connectivity index (χ4v) is 5.36. The van der Waals surface area contributed by atoms with Crippen LogP contribution in [0, 0.1) is 11.6 Å². The fraction of sp³-hybridized carbons (Fsp3) is 0.391. The molecule has 6 nitrogen and oxygen atoms in total. The molecular weight excluding hydrogens is 404 g/mol. The Bertz CT molecular complexity index is 1060. The van der Waals surface area contributed by atoms with Gasteiger partial charge < -0.3 is 19.9 Å². The summed E-state index contributed by atoms with van der Waals surface area (Å²) >= 11 is 0. The van der Waals surface area contributed by atoms with Crippen LogP contribution in [-0.2, 0) is 11.2 Å². The zero-order chi connectivity index (χ0) is 21.7. The van der Waals surface area contributed by atoms with E-state index >= 15 is 0 Å². The highest BCUT2D eigenvalue weighted by molar-refractivity contribution is 5.95. The van der Waals surface area contributed by atoms with E-state index in [0.29, 0.717) is 19.4 Å². The second-order valence-electron chi connectivity index (χ2n) is 8.23. The minimum atomic E-state index is -0.851. The predicted molar refractivity (Wildman–Crippen MR) is 110 cm³/mol. The van der Waals surface area contributed by atoms with E-state index < -0.39 is 23.7 Å². The second-order valence-corrected chi connectivity index (χ2v) is 8.23. The van der Waals surface area contributed by atoms with E-state index in [9.17, 15) is 18.4 Å². The molecule has 2 saturated heterocycles. The Kier molecular flexibility index (Phi) is 4.79. The molecule has 0 aromatic heterocycles. The molecule has 2 aromatic rings. The molecule has 3 aliphatic rings. The molecule has 31 heavy (non-hydrogen) atoms. The number of methoxy groups -OCH3 is 1. The van der Waals surface area contributed by atoms with Gasteiger partial charge in [-0.05, 0) is 49.4 Å². The zero-order valence-electron chi connectivity index (χ0n) is 17.1. The Morgan fingerprint density at radius 1 is 1.19 bits per heavy atom. The molecule has 0 spiro atoms. The minimum Gasteiger partial charge on any atom is -0.496 e. The van der Waals surface area contributed by atoms with Crippen LogP contribution in [-0.4, -0.2) is 47.5 Å². The number of urea groups is 1. The first-order chi connectivity index (χ1) is 15.0. The summed E-state index contributed by atoms with van der Waals surface area (Å²) in [7, 11) is 1.63. The average Bonchev–Trinajstić information content (AvgIpc) is 2.77. The maximum Gasteiger partial charge on any atom is 0.322 e. The molecule has 2 aromatic carbocycles. The quantitative estimate of drug-likeness (QED) is 0.792. The predicted octanol–water partition coefficient (Wildman–Crippen LogP) is 3.87. The molecular formula is C23H23F2N3O3. The monoisotopic (exact) mass is 427 g/mol. The Hall–Kier alpha value is -3.16. The Labute approximate surface area is 178 Å². The lowest BCUT2D eigenvalue weighted by molar-refractivity contribution is -0.152. The summed E-state index contributed by atoms with van der Waals surface area (Å²) in [6, 6.07) is 7.19. The SMILES string of the molecule is COc1cccc2c1CCN1C(=O)C3CCCC(C21)N3C(=O)Nc1ccc(F)cc1F. The lowest BCUT2D eigenvalue weighted by Gasteiger charge is -2.55. The van der Waals surface area contributed by atoms with Crippen molar-refractivity contribution in [2.24, 2.45) is 0 Å². The van der Waals surface area contributed by atoms with Gasteiger partial charge in [-0.1, -0.05) is 12.1 Å². The molecule has 0 radical (unpaired) electrons. The van der Waals surface area contributed by atoms with E-state index in [4.69, 9.17) is 4.74 Å². The van der Waals surface area contributed by atoms with Crippen LogP contribution >= 0.6 is 0 Å². The number of nitrogens with one attached hydrogen (secondary N) is 1. The summed E-state index contributed by atoms with van der Waals surface area (Å²) in [6.07, 6.45) is 2.84. The van der Waals surface area contributed by atoms with Crippen molar-refractivity contribution in [1.29, 1.82) is 0 Å². The summed E-state index contributed by atoms with van der Waals surface area (Å²) in [5.41, 5.74) is 1.95. The van der Waals surface area contributed by atoms with Crippen LogP contribution < -0.4 is 10.1 Å². The highest BCUT2D eigenvalue weighted by Gasteiger charge is 2.52.